The molecule has 0 bridgehead atoms. The second-order valence-corrected chi connectivity index (χ2v) is 10.6. The Bertz CT molecular complexity index is 1340. The maximum Gasteiger partial charge on any atom is 0.330 e. The monoisotopic (exact) mass is 566 g/mol. The number of carbonyl (C=O) groups excluding carboxylic acids is 2. The zero-order valence-electron chi connectivity index (χ0n) is 24.5. The van der Waals surface area contributed by atoms with Crippen LogP contribution in [0, 0.1) is 0 Å². The Morgan fingerprint density at radius 3 is 2.43 bits per heavy atom. The number of aliphatic imine (C=N–C) groups is 1. The standard InChI is InChI=1S/C35H42N4O3/c1-3-4-5-6-13-22-30(35(41)42-2)37-33(28-19-11-8-12-20-28)29-21-14-15-23-31(29)39(36)34(40)32-24-16-25-38(32)26-27-17-9-7-10-18-27/h3,7-12,14-15,17-21,23,30,32H,1,4-6,13,16,22,24-26,36H2,2H3/b37-33+/t30-,32?/m0/s1. The first-order valence-electron chi connectivity index (χ1n) is 14.8. The molecule has 1 amide bonds. The molecule has 1 heterocycles. The highest BCUT2D eigenvalue weighted by Gasteiger charge is 2.34. The number of rotatable bonds is 14. The quantitative estimate of drug-likeness (QED) is 0.0487. The van der Waals surface area contributed by atoms with Crippen LogP contribution in [0.25, 0.3) is 0 Å². The number of methoxy groups -OCH3 is 1. The molecule has 1 aliphatic rings. The lowest BCUT2D eigenvalue weighted by atomic mass is 9.98. The summed E-state index contributed by atoms with van der Waals surface area (Å²) in [5.74, 6) is 6.10. The largest absolute Gasteiger partial charge is 0.467 e. The average Bonchev–Trinajstić information content (AvgIpc) is 3.50. The van der Waals surface area contributed by atoms with Crippen molar-refractivity contribution in [2.75, 3.05) is 18.7 Å². The Morgan fingerprint density at radius 2 is 1.71 bits per heavy atom. The van der Waals surface area contributed by atoms with Gasteiger partial charge < -0.3 is 4.74 Å². The Kier molecular flexibility index (Phi) is 11.6. The van der Waals surface area contributed by atoms with Gasteiger partial charge in [0.15, 0.2) is 0 Å². The summed E-state index contributed by atoms with van der Waals surface area (Å²) in [5.41, 5.74) is 3.83. The Morgan fingerprint density at radius 1 is 1.02 bits per heavy atom. The highest BCUT2D eigenvalue weighted by atomic mass is 16.5. The van der Waals surface area contributed by atoms with Crippen LogP contribution >= 0.6 is 0 Å². The van der Waals surface area contributed by atoms with Crippen molar-refractivity contribution in [3.63, 3.8) is 0 Å². The van der Waals surface area contributed by atoms with Crippen molar-refractivity contribution < 1.29 is 14.3 Å². The molecule has 1 saturated heterocycles. The van der Waals surface area contributed by atoms with Crippen LogP contribution in [-0.4, -0.2) is 48.2 Å². The zero-order chi connectivity index (χ0) is 29.7. The fraction of sp³-hybridized carbons (Fsp3) is 0.343. The molecule has 0 saturated carbocycles. The fourth-order valence-electron chi connectivity index (χ4n) is 5.50. The van der Waals surface area contributed by atoms with Crippen molar-refractivity contribution in [2.24, 2.45) is 10.8 Å². The molecular formula is C35H42N4O3. The van der Waals surface area contributed by atoms with Crippen LogP contribution in [0.5, 0.6) is 0 Å². The van der Waals surface area contributed by atoms with E-state index in [1.54, 1.807) is 0 Å². The average molecular weight is 567 g/mol. The fourth-order valence-corrected chi connectivity index (χ4v) is 5.50. The molecule has 2 atom stereocenters. The van der Waals surface area contributed by atoms with Crippen molar-refractivity contribution in [1.82, 2.24) is 4.90 Å². The van der Waals surface area contributed by atoms with Gasteiger partial charge in [0.2, 0.25) is 0 Å². The van der Waals surface area contributed by atoms with E-state index in [-0.39, 0.29) is 17.9 Å². The minimum Gasteiger partial charge on any atom is -0.467 e. The van der Waals surface area contributed by atoms with Gasteiger partial charge in [0.25, 0.3) is 5.91 Å². The van der Waals surface area contributed by atoms with Gasteiger partial charge >= 0.3 is 5.97 Å². The lowest BCUT2D eigenvalue weighted by Gasteiger charge is -2.29. The van der Waals surface area contributed by atoms with Crippen LogP contribution < -0.4 is 10.9 Å². The molecule has 220 valence electrons. The van der Waals surface area contributed by atoms with E-state index in [0.29, 0.717) is 29.9 Å². The summed E-state index contributed by atoms with van der Waals surface area (Å²) in [4.78, 5) is 34.0. The molecule has 4 rings (SSSR count). The number of amides is 1. The highest BCUT2D eigenvalue weighted by Crippen LogP contribution is 2.28. The third-order valence-corrected chi connectivity index (χ3v) is 7.72. The van der Waals surface area contributed by atoms with E-state index in [9.17, 15) is 9.59 Å². The molecule has 0 aromatic heterocycles. The molecule has 0 aliphatic carbocycles. The zero-order valence-corrected chi connectivity index (χ0v) is 24.5. The van der Waals surface area contributed by atoms with E-state index < -0.39 is 6.04 Å². The molecular weight excluding hydrogens is 524 g/mol. The van der Waals surface area contributed by atoms with Crippen LogP contribution in [-0.2, 0) is 20.9 Å². The van der Waals surface area contributed by atoms with E-state index >= 15 is 0 Å². The van der Waals surface area contributed by atoms with Crippen molar-refractivity contribution in [2.45, 2.75) is 63.6 Å². The maximum atomic E-state index is 13.9. The van der Waals surface area contributed by atoms with Crippen molar-refractivity contribution in [3.05, 3.63) is 114 Å². The number of benzene rings is 3. The van der Waals surface area contributed by atoms with E-state index in [2.05, 4.69) is 23.6 Å². The number of ether oxygens (including phenoxy) is 1. The number of hydrogen-bond acceptors (Lipinski definition) is 6. The molecule has 1 unspecified atom stereocenters. The van der Waals surface area contributed by atoms with E-state index in [4.69, 9.17) is 15.6 Å². The molecule has 0 spiro atoms. The highest BCUT2D eigenvalue weighted by molar-refractivity contribution is 6.18. The number of nitrogens with two attached hydrogens (primary N) is 1. The van der Waals surface area contributed by atoms with Gasteiger partial charge in [-0.25, -0.2) is 15.6 Å². The molecule has 7 nitrogen and oxygen atoms in total. The van der Waals surface area contributed by atoms with Gasteiger partial charge in [0, 0.05) is 17.7 Å². The molecule has 0 radical (unpaired) electrons. The summed E-state index contributed by atoms with van der Waals surface area (Å²) in [6, 6.07) is 26.4. The second-order valence-electron chi connectivity index (χ2n) is 10.6. The van der Waals surface area contributed by atoms with Gasteiger partial charge in [0.05, 0.1) is 24.6 Å². The molecule has 7 heteroatoms. The maximum absolute atomic E-state index is 13.9. The molecule has 1 fully saturated rings. The van der Waals surface area contributed by atoms with Gasteiger partial charge in [-0.05, 0) is 50.3 Å². The van der Waals surface area contributed by atoms with Gasteiger partial charge in [-0.2, -0.15) is 0 Å². The van der Waals surface area contributed by atoms with Gasteiger partial charge in [-0.3, -0.25) is 14.7 Å². The van der Waals surface area contributed by atoms with Crippen LogP contribution in [0.4, 0.5) is 5.69 Å². The number of carbonyl (C=O) groups is 2. The molecule has 3 aromatic rings. The van der Waals surface area contributed by atoms with E-state index in [1.807, 2.05) is 78.9 Å². The van der Waals surface area contributed by atoms with Crippen LogP contribution in [0.2, 0.25) is 0 Å². The summed E-state index contributed by atoms with van der Waals surface area (Å²) in [7, 11) is 1.39. The number of hydrogen-bond donors (Lipinski definition) is 1. The summed E-state index contributed by atoms with van der Waals surface area (Å²) >= 11 is 0. The first-order valence-corrected chi connectivity index (χ1v) is 14.8. The topological polar surface area (TPSA) is 88.2 Å². The van der Waals surface area contributed by atoms with Gasteiger partial charge in [-0.1, -0.05) is 97.8 Å². The first kappa shape index (κ1) is 30.9. The number of hydrazine groups is 1. The molecule has 3 aromatic carbocycles. The predicted octanol–water partition coefficient (Wildman–Crippen LogP) is 6.07. The smallest absolute Gasteiger partial charge is 0.330 e. The number of likely N-dealkylation sites (tertiary alicyclic amines) is 1. The Balaban J connectivity index is 1.65. The SMILES string of the molecule is C=CCCCCC[C@H](/N=C(\c1ccccc1)c1ccccc1N(N)C(=O)C1CCCN1Cc1ccccc1)C(=O)OC. The van der Waals surface area contributed by atoms with E-state index in [1.165, 1.54) is 12.1 Å². The first-order chi connectivity index (χ1) is 20.5. The van der Waals surface area contributed by atoms with Crippen LogP contribution in [0.15, 0.2) is 103 Å². The second kappa shape index (κ2) is 15.8. The molecule has 2 N–H and O–H groups in total. The molecule has 1 aliphatic heterocycles. The number of esters is 1. The predicted molar refractivity (Wildman–Crippen MR) is 169 cm³/mol. The Labute approximate surface area is 249 Å². The summed E-state index contributed by atoms with van der Waals surface area (Å²) < 4.78 is 5.15. The number of allylic oxidation sites excluding steroid dienone is 1. The third kappa shape index (κ3) is 8.02. The van der Waals surface area contributed by atoms with Crippen LogP contribution in [0.3, 0.4) is 0 Å². The van der Waals surface area contributed by atoms with E-state index in [0.717, 1.165) is 56.2 Å². The number of para-hydroxylation sites is 1. The van der Waals surface area contributed by atoms with Crippen molar-refractivity contribution in [3.8, 4) is 0 Å². The summed E-state index contributed by atoms with van der Waals surface area (Å²) in [6.07, 6.45) is 7.91. The minimum absolute atomic E-state index is 0.157. The number of nitrogens with zero attached hydrogens (tertiary/aromatic N) is 3. The van der Waals surface area contributed by atoms with Crippen molar-refractivity contribution >= 4 is 23.3 Å². The normalized spacial score (nSPS) is 16.1. The lowest BCUT2D eigenvalue weighted by molar-refractivity contribution is -0.142. The summed E-state index contributed by atoms with van der Waals surface area (Å²) in [6.45, 7) is 5.32. The third-order valence-electron chi connectivity index (χ3n) is 7.72. The Hall–Kier alpha value is -4.07. The lowest BCUT2D eigenvalue weighted by Crippen LogP contribution is -2.49. The number of unbranched alkanes of at least 4 members (excludes halogenated alkanes) is 3. The van der Waals surface area contributed by atoms with Gasteiger partial charge in [0.1, 0.15) is 6.04 Å². The molecule has 42 heavy (non-hydrogen) atoms. The van der Waals surface area contributed by atoms with Crippen LogP contribution in [0.1, 0.15) is 61.6 Å². The minimum atomic E-state index is -0.680. The number of anilines is 1. The summed E-state index contributed by atoms with van der Waals surface area (Å²) in [5, 5.41) is 1.27. The van der Waals surface area contributed by atoms with Gasteiger partial charge in [-0.15, -0.1) is 6.58 Å². The van der Waals surface area contributed by atoms with Crippen molar-refractivity contribution in [1.29, 1.82) is 0 Å².